The van der Waals surface area contributed by atoms with E-state index in [0.29, 0.717) is 0 Å². The van der Waals surface area contributed by atoms with Gasteiger partial charge < -0.3 is 4.72 Å². The topological polar surface area (TPSA) is 12.0 Å². The molecule has 1 rings (SSSR count). The Hall–Kier alpha value is -0.630. The molecule has 0 aliphatic carbocycles. The van der Waals surface area contributed by atoms with Crippen molar-refractivity contribution >= 4 is 17.6 Å². The Balaban J connectivity index is 2.87. The summed E-state index contributed by atoms with van der Waals surface area (Å²) in [6.45, 7) is 4.31. The van der Waals surface area contributed by atoms with E-state index in [2.05, 4.69) is 36.8 Å². The van der Waals surface area contributed by atoms with Crippen molar-refractivity contribution in [2.24, 2.45) is 0 Å². The predicted molar refractivity (Wildman–Crippen MR) is 57.7 cm³/mol. The van der Waals surface area contributed by atoms with Crippen molar-refractivity contribution in [2.75, 3.05) is 11.0 Å². The molecule has 0 radical (unpaired) electrons. The molecule has 66 valence electrons. The normalized spacial score (nSPS) is 9.92. The van der Waals surface area contributed by atoms with E-state index in [-0.39, 0.29) is 0 Å². The van der Waals surface area contributed by atoms with Crippen LogP contribution in [0.25, 0.3) is 0 Å². The average Bonchev–Trinajstić information content (AvgIpc) is 2.09. The van der Waals surface area contributed by atoms with E-state index in [0.717, 1.165) is 6.42 Å². The average molecular weight is 181 g/mol. The molecular weight excluding hydrogens is 166 g/mol. The van der Waals surface area contributed by atoms with E-state index in [1.165, 1.54) is 16.8 Å². The van der Waals surface area contributed by atoms with Gasteiger partial charge in [-0.3, -0.25) is 0 Å². The van der Waals surface area contributed by atoms with E-state index in [1.54, 1.807) is 11.9 Å². The van der Waals surface area contributed by atoms with Crippen LogP contribution < -0.4 is 4.72 Å². The van der Waals surface area contributed by atoms with Crippen LogP contribution in [0.15, 0.2) is 18.2 Å². The molecule has 1 N–H and O–H groups in total. The molecule has 0 unspecified atom stereocenters. The highest BCUT2D eigenvalue weighted by atomic mass is 32.2. The fourth-order valence-corrected chi connectivity index (χ4v) is 1.62. The lowest BCUT2D eigenvalue weighted by atomic mass is 10.1. The third-order valence-corrected chi connectivity index (χ3v) is 2.34. The molecule has 1 aromatic carbocycles. The number of aryl methyl sites for hydroxylation is 2. The first kappa shape index (κ1) is 9.46. The zero-order chi connectivity index (χ0) is 8.97. The van der Waals surface area contributed by atoms with E-state index in [4.69, 9.17) is 0 Å². The van der Waals surface area contributed by atoms with Gasteiger partial charge in [0.15, 0.2) is 0 Å². The zero-order valence-corrected chi connectivity index (χ0v) is 8.66. The fraction of sp³-hybridized carbons (Fsp3) is 0.400. The number of benzene rings is 1. The van der Waals surface area contributed by atoms with Gasteiger partial charge in [0, 0.05) is 11.9 Å². The van der Waals surface area contributed by atoms with Crippen LogP contribution in [-0.4, -0.2) is 6.26 Å². The van der Waals surface area contributed by atoms with E-state index in [9.17, 15) is 0 Å². The first-order valence-corrected chi connectivity index (χ1v) is 5.39. The molecule has 0 fully saturated rings. The highest BCUT2D eigenvalue weighted by molar-refractivity contribution is 7.99. The summed E-state index contributed by atoms with van der Waals surface area (Å²) in [5, 5.41) is 0. The third kappa shape index (κ3) is 2.18. The van der Waals surface area contributed by atoms with Gasteiger partial charge in [-0.05, 0) is 30.5 Å². The van der Waals surface area contributed by atoms with Crippen LogP contribution in [0, 0.1) is 6.92 Å². The molecule has 2 heteroatoms. The highest BCUT2D eigenvalue weighted by Crippen LogP contribution is 2.18. The molecule has 0 amide bonds. The monoisotopic (exact) mass is 181 g/mol. The Morgan fingerprint density at radius 1 is 1.42 bits per heavy atom. The van der Waals surface area contributed by atoms with E-state index >= 15 is 0 Å². The SMILES string of the molecule is CCc1ccc(NSC)c(C)c1. The van der Waals surface area contributed by atoms with Crippen LogP contribution in [0.4, 0.5) is 5.69 Å². The van der Waals surface area contributed by atoms with Gasteiger partial charge in [0.1, 0.15) is 0 Å². The Kier molecular flexibility index (Phi) is 3.48. The summed E-state index contributed by atoms with van der Waals surface area (Å²) >= 11 is 1.63. The number of hydrogen-bond donors (Lipinski definition) is 1. The maximum atomic E-state index is 3.24. The first-order chi connectivity index (χ1) is 5.77. The Morgan fingerprint density at radius 3 is 2.67 bits per heavy atom. The largest absolute Gasteiger partial charge is 0.330 e. The number of anilines is 1. The molecule has 0 heterocycles. The molecule has 1 nitrogen and oxygen atoms in total. The molecule has 0 saturated carbocycles. The summed E-state index contributed by atoms with van der Waals surface area (Å²) in [5.41, 5.74) is 3.95. The smallest absolute Gasteiger partial charge is 0.0469 e. The summed E-state index contributed by atoms with van der Waals surface area (Å²) in [6.07, 6.45) is 3.15. The van der Waals surface area contributed by atoms with E-state index < -0.39 is 0 Å². The first-order valence-electron chi connectivity index (χ1n) is 4.16. The molecule has 0 aromatic heterocycles. The lowest BCUT2D eigenvalue weighted by Gasteiger charge is -2.07. The van der Waals surface area contributed by atoms with Gasteiger partial charge in [0.05, 0.1) is 0 Å². The highest BCUT2D eigenvalue weighted by Gasteiger charge is 1.96. The molecule has 12 heavy (non-hydrogen) atoms. The molecule has 0 saturated heterocycles. The van der Waals surface area contributed by atoms with Gasteiger partial charge in [-0.25, -0.2) is 0 Å². The predicted octanol–water partition coefficient (Wildman–Crippen LogP) is 3.25. The Labute approximate surface area is 78.7 Å². The summed E-state index contributed by atoms with van der Waals surface area (Å²) in [5.74, 6) is 0. The van der Waals surface area contributed by atoms with Crippen molar-refractivity contribution in [2.45, 2.75) is 20.3 Å². The molecule has 0 aliphatic heterocycles. The molecule has 0 spiro atoms. The Bertz CT molecular complexity index is 258. The van der Waals surface area contributed by atoms with Crippen molar-refractivity contribution in [1.82, 2.24) is 0 Å². The second-order valence-electron chi connectivity index (χ2n) is 2.81. The standard InChI is InChI=1S/C10H15NS/c1-4-9-5-6-10(11-12-3)8(2)7-9/h5-7,11H,4H2,1-3H3. The lowest BCUT2D eigenvalue weighted by molar-refractivity contribution is 1.13. The summed E-state index contributed by atoms with van der Waals surface area (Å²) in [6, 6.07) is 6.55. The number of rotatable bonds is 3. The third-order valence-electron chi connectivity index (χ3n) is 1.91. The van der Waals surface area contributed by atoms with Gasteiger partial charge in [0.2, 0.25) is 0 Å². The van der Waals surface area contributed by atoms with E-state index in [1.807, 2.05) is 6.26 Å². The maximum absolute atomic E-state index is 3.24. The Morgan fingerprint density at radius 2 is 2.17 bits per heavy atom. The van der Waals surface area contributed by atoms with Gasteiger partial charge in [-0.2, -0.15) is 0 Å². The zero-order valence-electron chi connectivity index (χ0n) is 7.85. The van der Waals surface area contributed by atoms with Crippen molar-refractivity contribution in [1.29, 1.82) is 0 Å². The summed E-state index contributed by atoms with van der Waals surface area (Å²) in [4.78, 5) is 0. The maximum Gasteiger partial charge on any atom is 0.0469 e. The van der Waals surface area contributed by atoms with Gasteiger partial charge >= 0.3 is 0 Å². The fourth-order valence-electron chi connectivity index (χ4n) is 1.17. The molecule has 0 bridgehead atoms. The van der Waals surface area contributed by atoms with Crippen molar-refractivity contribution in [3.8, 4) is 0 Å². The molecule has 0 atom stereocenters. The number of hydrogen-bond acceptors (Lipinski definition) is 2. The minimum absolute atomic E-state index is 1.11. The summed E-state index contributed by atoms with van der Waals surface area (Å²) < 4.78 is 3.24. The van der Waals surface area contributed by atoms with Gasteiger partial charge in [-0.1, -0.05) is 31.0 Å². The van der Waals surface area contributed by atoms with Crippen LogP contribution >= 0.6 is 11.9 Å². The lowest BCUT2D eigenvalue weighted by Crippen LogP contribution is -1.90. The number of nitrogens with one attached hydrogen (secondary N) is 1. The van der Waals surface area contributed by atoms with Gasteiger partial charge in [0.25, 0.3) is 0 Å². The second kappa shape index (κ2) is 4.41. The minimum atomic E-state index is 1.11. The van der Waals surface area contributed by atoms with Crippen LogP contribution in [0.1, 0.15) is 18.1 Å². The van der Waals surface area contributed by atoms with Crippen LogP contribution in [0.3, 0.4) is 0 Å². The summed E-state index contributed by atoms with van der Waals surface area (Å²) in [7, 11) is 0. The molecular formula is C10H15NS. The van der Waals surface area contributed by atoms with Crippen LogP contribution in [0.2, 0.25) is 0 Å². The van der Waals surface area contributed by atoms with Crippen LogP contribution in [0.5, 0.6) is 0 Å². The van der Waals surface area contributed by atoms with Crippen molar-refractivity contribution in [3.05, 3.63) is 29.3 Å². The van der Waals surface area contributed by atoms with Crippen molar-refractivity contribution < 1.29 is 0 Å². The molecule has 0 aliphatic rings. The molecule has 1 aromatic rings. The van der Waals surface area contributed by atoms with Gasteiger partial charge in [-0.15, -0.1) is 0 Å². The minimum Gasteiger partial charge on any atom is -0.330 e. The quantitative estimate of drug-likeness (QED) is 0.718. The van der Waals surface area contributed by atoms with Crippen molar-refractivity contribution in [3.63, 3.8) is 0 Å². The second-order valence-corrected chi connectivity index (χ2v) is 3.42. The van der Waals surface area contributed by atoms with Crippen LogP contribution in [-0.2, 0) is 6.42 Å².